The Kier molecular flexibility index (Phi) is 3.70. The zero-order valence-electron chi connectivity index (χ0n) is 9.69. The SMILES string of the molecule is OCCN(c1ccc(C(F)(F)F)nn1)C1CCC1. The Morgan fingerprint density at radius 2 is 2.00 bits per heavy atom. The van der Waals surface area contributed by atoms with Crippen molar-refractivity contribution in [2.75, 3.05) is 18.1 Å². The van der Waals surface area contributed by atoms with Gasteiger partial charge in [0.05, 0.1) is 6.61 Å². The van der Waals surface area contributed by atoms with Crippen LogP contribution < -0.4 is 4.90 Å². The van der Waals surface area contributed by atoms with Gasteiger partial charge in [-0.15, -0.1) is 10.2 Å². The molecule has 0 atom stereocenters. The second-order valence-corrected chi connectivity index (χ2v) is 4.28. The van der Waals surface area contributed by atoms with E-state index in [4.69, 9.17) is 5.11 Å². The molecule has 1 N–H and O–H groups in total. The van der Waals surface area contributed by atoms with Crippen molar-refractivity contribution in [2.24, 2.45) is 0 Å². The van der Waals surface area contributed by atoms with Crippen LogP contribution in [0.2, 0.25) is 0 Å². The summed E-state index contributed by atoms with van der Waals surface area (Å²) < 4.78 is 37.0. The molecule has 1 aromatic rings. The van der Waals surface area contributed by atoms with Gasteiger partial charge in [-0.05, 0) is 31.4 Å². The average Bonchev–Trinajstić information content (AvgIpc) is 2.25. The van der Waals surface area contributed by atoms with E-state index in [0.717, 1.165) is 25.3 Å². The summed E-state index contributed by atoms with van der Waals surface area (Å²) >= 11 is 0. The molecule has 1 aromatic heterocycles. The lowest BCUT2D eigenvalue weighted by atomic mass is 9.91. The Morgan fingerprint density at radius 3 is 2.39 bits per heavy atom. The first-order chi connectivity index (χ1) is 8.52. The zero-order chi connectivity index (χ0) is 13.2. The van der Waals surface area contributed by atoms with Gasteiger partial charge in [-0.1, -0.05) is 0 Å². The third kappa shape index (κ3) is 2.72. The summed E-state index contributed by atoms with van der Waals surface area (Å²) in [5, 5.41) is 15.8. The second-order valence-electron chi connectivity index (χ2n) is 4.28. The molecule has 2 rings (SSSR count). The van der Waals surface area contributed by atoms with Gasteiger partial charge in [0.2, 0.25) is 0 Å². The number of alkyl halides is 3. The first kappa shape index (κ1) is 13.1. The van der Waals surface area contributed by atoms with Gasteiger partial charge >= 0.3 is 6.18 Å². The van der Waals surface area contributed by atoms with E-state index in [1.165, 1.54) is 6.07 Å². The third-order valence-corrected chi connectivity index (χ3v) is 3.09. The molecule has 0 saturated heterocycles. The summed E-state index contributed by atoms with van der Waals surface area (Å²) in [5.41, 5.74) is -0.996. The molecule has 1 saturated carbocycles. The van der Waals surface area contributed by atoms with E-state index in [9.17, 15) is 13.2 Å². The predicted octanol–water partition coefficient (Wildman–Crippen LogP) is 1.85. The standard InChI is InChI=1S/C11H14F3N3O/c12-11(13,14)9-4-5-10(16-15-9)17(6-7-18)8-2-1-3-8/h4-5,8,18H,1-3,6-7H2. The Labute approximate surface area is 102 Å². The maximum absolute atomic E-state index is 12.3. The van der Waals surface area contributed by atoms with Crippen LogP contribution in [0.1, 0.15) is 25.0 Å². The number of halogens is 3. The summed E-state index contributed by atoms with van der Waals surface area (Å²) in [6.07, 6.45) is -1.42. The monoisotopic (exact) mass is 261 g/mol. The highest BCUT2D eigenvalue weighted by molar-refractivity contribution is 5.39. The average molecular weight is 261 g/mol. The predicted molar refractivity (Wildman–Crippen MR) is 59.1 cm³/mol. The van der Waals surface area contributed by atoms with Crippen molar-refractivity contribution in [2.45, 2.75) is 31.5 Å². The summed E-state index contributed by atoms with van der Waals surface area (Å²) in [6.45, 7) is 0.309. The molecule has 18 heavy (non-hydrogen) atoms. The summed E-state index contributed by atoms with van der Waals surface area (Å²) in [7, 11) is 0. The van der Waals surface area contributed by atoms with Crippen LogP contribution in [0.15, 0.2) is 12.1 Å². The summed E-state index contributed by atoms with van der Waals surface area (Å²) in [4.78, 5) is 1.82. The number of anilines is 1. The molecule has 0 bridgehead atoms. The van der Waals surface area contributed by atoms with Crippen LogP contribution in [0.4, 0.5) is 19.0 Å². The lowest BCUT2D eigenvalue weighted by molar-refractivity contribution is -0.141. The Hall–Kier alpha value is -1.37. The Bertz CT molecular complexity index is 390. The van der Waals surface area contributed by atoms with Gasteiger partial charge in [0.25, 0.3) is 0 Å². The summed E-state index contributed by atoms with van der Waals surface area (Å²) in [5.74, 6) is 0.391. The smallest absolute Gasteiger partial charge is 0.395 e. The quantitative estimate of drug-likeness (QED) is 0.898. The van der Waals surface area contributed by atoms with Crippen LogP contribution >= 0.6 is 0 Å². The topological polar surface area (TPSA) is 49.2 Å². The number of aliphatic hydroxyl groups is 1. The van der Waals surface area contributed by atoms with Crippen LogP contribution in [-0.2, 0) is 6.18 Å². The highest BCUT2D eigenvalue weighted by Crippen LogP contribution is 2.30. The molecule has 100 valence electrons. The maximum atomic E-state index is 12.3. The third-order valence-electron chi connectivity index (χ3n) is 3.09. The van der Waals surface area contributed by atoms with E-state index >= 15 is 0 Å². The first-order valence-electron chi connectivity index (χ1n) is 5.81. The fourth-order valence-corrected chi connectivity index (χ4v) is 1.92. The van der Waals surface area contributed by atoms with Crippen molar-refractivity contribution < 1.29 is 18.3 Å². The minimum atomic E-state index is -4.47. The molecule has 1 aliphatic carbocycles. The van der Waals surface area contributed by atoms with E-state index in [1.54, 1.807) is 0 Å². The normalized spacial score (nSPS) is 16.4. The van der Waals surface area contributed by atoms with Crippen LogP contribution in [0.5, 0.6) is 0 Å². The lowest BCUT2D eigenvalue weighted by Crippen LogP contribution is -2.42. The summed E-state index contributed by atoms with van der Waals surface area (Å²) in [6, 6.07) is 2.48. The minimum Gasteiger partial charge on any atom is -0.395 e. The lowest BCUT2D eigenvalue weighted by Gasteiger charge is -2.37. The van der Waals surface area contributed by atoms with E-state index in [0.29, 0.717) is 12.4 Å². The van der Waals surface area contributed by atoms with Gasteiger partial charge in [0, 0.05) is 12.6 Å². The Balaban J connectivity index is 2.15. The van der Waals surface area contributed by atoms with Gasteiger partial charge in [-0.25, -0.2) is 0 Å². The largest absolute Gasteiger partial charge is 0.435 e. The van der Waals surface area contributed by atoms with Crippen molar-refractivity contribution >= 4 is 5.82 Å². The van der Waals surface area contributed by atoms with Gasteiger partial charge in [-0.2, -0.15) is 13.2 Å². The molecule has 1 heterocycles. The highest BCUT2D eigenvalue weighted by Gasteiger charge is 2.33. The molecular formula is C11H14F3N3O. The highest BCUT2D eigenvalue weighted by atomic mass is 19.4. The van der Waals surface area contributed by atoms with Crippen molar-refractivity contribution in [3.8, 4) is 0 Å². The first-order valence-corrected chi connectivity index (χ1v) is 5.81. The maximum Gasteiger partial charge on any atom is 0.435 e. The molecule has 0 aliphatic heterocycles. The van der Waals surface area contributed by atoms with Crippen LogP contribution in [-0.4, -0.2) is 34.5 Å². The van der Waals surface area contributed by atoms with Gasteiger partial charge in [-0.3, -0.25) is 0 Å². The number of hydrogen-bond donors (Lipinski definition) is 1. The number of aromatic nitrogens is 2. The fourth-order valence-electron chi connectivity index (χ4n) is 1.92. The van der Waals surface area contributed by atoms with Crippen LogP contribution in [0.3, 0.4) is 0 Å². The molecule has 0 radical (unpaired) electrons. The fraction of sp³-hybridized carbons (Fsp3) is 0.636. The number of hydrogen-bond acceptors (Lipinski definition) is 4. The molecule has 4 nitrogen and oxygen atoms in total. The van der Waals surface area contributed by atoms with Crippen molar-refractivity contribution in [1.29, 1.82) is 0 Å². The van der Waals surface area contributed by atoms with Crippen LogP contribution in [0.25, 0.3) is 0 Å². The molecule has 0 amide bonds. The number of rotatable bonds is 4. The molecule has 1 fully saturated rings. The van der Waals surface area contributed by atoms with Crippen molar-refractivity contribution in [1.82, 2.24) is 10.2 Å². The molecule has 0 spiro atoms. The van der Waals surface area contributed by atoms with Gasteiger partial charge in [0.1, 0.15) is 0 Å². The molecule has 1 aliphatic rings. The van der Waals surface area contributed by atoms with E-state index < -0.39 is 11.9 Å². The van der Waals surface area contributed by atoms with E-state index in [1.807, 2.05) is 4.90 Å². The number of nitrogens with zero attached hydrogens (tertiary/aromatic N) is 3. The van der Waals surface area contributed by atoms with E-state index in [-0.39, 0.29) is 12.6 Å². The van der Waals surface area contributed by atoms with Gasteiger partial charge < -0.3 is 10.0 Å². The number of aliphatic hydroxyl groups excluding tert-OH is 1. The molecule has 0 unspecified atom stereocenters. The van der Waals surface area contributed by atoms with E-state index in [2.05, 4.69) is 10.2 Å². The Morgan fingerprint density at radius 1 is 1.28 bits per heavy atom. The molecule has 0 aromatic carbocycles. The molecular weight excluding hydrogens is 247 g/mol. The van der Waals surface area contributed by atoms with Crippen molar-refractivity contribution in [3.05, 3.63) is 17.8 Å². The minimum absolute atomic E-state index is 0.0563. The van der Waals surface area contributed by atoms with Gasteiger partial charge in [0.15, 0.2) is 11.5 Å². The second kappa shape index (κ2) is 5.09. The van der Waals surface area contributed by atoms with Crippen molar-refractivity contribution in [3.63, 3.8) is 0 Å². The van der Waals surface area contributed by atoms with Crippen LogP contribution in [0, 0.1) is 0 Å². The molecule has 7 heteroatoms. The zero-order valence-corrected chi connectivity index (χ0v) is 9.69.